The van der Waals surface area contributed by atoms with Crippen molar-refractivity contribution in [2.45, 2.75) is 37.6 Å². The molecule has 184 valence electrons. The van der Waals surface area contributed by atoms with Crippen LogP contribution in [0.25, 0.3) is 0 Å². The molecular formula is C26H35N3O4S. The lowest BCUT2D eigenvalue weighted by Gasteiger charge is -2.26. The highest BCUT2D eigenvalue weighted by molar-refractivity contribution is 7.89. The minimum atomic E-state index is -3.49. The Hall–Kier alpha value is -2.26. The number of aryl methyl sites for hydroxylation is 2. The molecule has 0 spiro atoms. The molecule has 1 amide bonds. The molecule has 2 aliphatic rings. The van der Waals surface area contributed by atoms with Gasteiger partial charge >= 0.3 is 0 Å². The van der Waals surface area contributed by atoms with Gasteiger partial charge in [-0.15, -0.1) is 0 Å². The van der Waals surface area contributed by atoms with Crippen molar-refractivity contribution in [1.82, 2.24) is 14.1 Å². The summed E-state index contributed by atoms with van der Waals surface area (Å²) in [5, 5.41) is 0. The van der Waals surface area contributed by atoms with Crippen LogP contribution in [-0.2, 0) is 32.5 Å². The van der Waals surface area contributed by atoms with Gasteiger partial charge in [-0.1, -0.05) is 36.4 Å². The van der Waals surface area contributed by atoms with Crippen molar-refractivity contribution in [2.24, 2.45) is 0 Å². The van der Waals surface area contributed by atoms with Crippen LogP contribution in [0.3, 0.4) is 0 Å². The third kappa shape index (κ3) is 6.24. The van der Waals surface area contributed by atoms with Gasteiger partial charge in [-0.2, -0.15) is 4.31 Å². The Kier molecular flexibility index (Phi) is 8.37. The highest BCUT2D eigenvalue weighted by Gasteiger charge is 2.26. The molecule has 0 bridgehead atoms. The average Bonchev–Trinajstić information content (AvgIpc) is 3.10. The van der Waals surface area contributed by atoms with E-state index in [9.17, 15) is 13.2 Å². The molecule has 2 aromatic carbocycles. The van der Waals surface area contributed by atoms with E-state index in [1.165, 1.54) is 15.4 Å². The van der Waals surface area contributed by atoms with Crippen molar-refractivity contribution in [3.63, 3.8) is 0 Å². The van der Waals surface area contributed by atoms with Gasteiger partial charge in [0.05, 0.1) is 18.1 Å². The first-order valence-electron chi connectivity index (χ1n) is 12.1. The van der Waals surface area contributed by atoms with Crippen LogP contribution in [0.2, 0.25) is 0 Å². The van der Waals surface area contributed by atoms with Crippen LogP contribution in [0.1, 0.15) is 29.5 Å². The molecule has 7 nitrogen and oxygen atoms in total. The van der Waals surface area contributed by atoms with E-state index in [0.717, 1.165) is 44.7 Å². The number of carbonyl (C=O) groups excluding carboxylic acids is 1. The standard InChI is InChI=1S/C26H35N3O4S/c1-22-5-2-3-6-24(22)21-27-13-4-14-28(16-15-27)26(30)12-9-23-7-10-25(11-8-23)34(31,32)29-17-19-33-20-18-29/h2-3,5-8,10-11H,4,9,12-21H2,1H3. The first-order valence-corrected chi connectivity index (χ1v) is 13.6. The quantitative estimate of drug-likeness (QED) is 0.603. The van der Waals surface area contributed by atoms with Crippen molar-refractivity contribution in [3.8, 4) is 0 Å². The average molecular weight is 486 g/mol. The molecular weight excluding hydrogens is 450 g/mol. The highest BCUT2D eigenvalue weighted by Crippen LogP contribution is 2.19. The van der Waals surface area contributed by atoms with E-state index < -0.39 is 10.0 Å². The largest absolute Gasteiger partial charge is 0.379 e. The topological polar surface area (TPSA) is 70.2 Å². The van der Waals surface area contributed by atoms with Crippen molar-refractivity contribution >= 4 is 15.9 Å². The Bertz CT molecular complexity index is 1070. The smallest absolute Gasteiger partial charge is 0.243 e. The van der Waals surface area contributed by atoms with E-state index in [2.05, 4.69) is 36.1 Å². The van der Waals surface area contributed by atoms with E-state index in [1.54, 1.807) is 12.1 Å². The van der Waals surface area contributed by atoms with Crippen LogP contribution in [0, 0.1) is 6.92 Å². The molecule has 2 aliphatic heterocycles. The summed E-state index contributed by atoms with van der Waals surface area (Å²) in [5.74, 6) is 0.169. The molecule has 0 saturated carbocycles. The second-order valence-electron chi connectivity index (χ2n) is 9.10. The first kappa shape index (κ1) is 24.9. The van der Waals surface area contributed by atoms with Crippen molar-refractivity contribution in [3.05, 3.63) is 65.2 Å². The van der Waals surface area contributed by atoms with Gasteiger partial charge in [-0.05, 0) is 48.6 Å². The predicted octanol–water partition coefficient (Wildman–Crippen LogP) is 2.68. The number of morpholine rings is 1. The number of hydrogen-bond acceptors (Lipinski definition) is 5. The summed E-state index contributed by atoms with van der Waals surface area (Å²) in [5.41, 5.74) is 3.63. The van der Waals surface area contributed by atoms with Crippen LogP contribution < -0.4 is 0 Å². The number of carbonyl (C=O) groups is 1. The van der Waals surface area contributed by atoms with Gasteiger partial charge in [0.2, 0.25) is 15.9 Å². The lowest BCUT2D eigenvalue weighted by molar-refractivity contribution is -0.131. The Labute approximate surface area is 203 Å². The van der Waals surface area contributed by atoms with E-state index in [4.69, 9.17) is 4.74 Å². The molecule has 0 aliphatic carbocycles. The fraction of sp³-hybridized carbons (Fsp3) is 0.500. The van der Waals surface area contributed by atoms with Crippen LogP contribution in [0.5, 0.6) is 0 Å². The molecule has 2 fully saturated rings. The predicted molar refractivity (Wildman–Crippen MR) is 132 cm³/mol. The molecule has 0 atom stereocenters. The minimum absolute atomic E-state index is 0.169. The summed E-state index contributed by atoms with van der Waals surface area (Å²) >= 11 is 0. The number of rotatable bonds is 7. The summed E-state index contributed by atoms with van der Waals surface area (Å²) in [6.45, 7) is 8.13. The fourth-order valence-electron chi connectivity index (χ4n) is 4.58. The first-order chi connectivity index (χ1) is 16.4. The second kappa shape index (κ2) is 11.4. The second-order valence-corrected chi connectivity index (χ2v) is 11.0. The summed E-state index contributed by atoms with van der Waals surface area (Å²) < 4.78 is 32.3. The molecule has 2 saturated heterocycles. The zero-order chi connectivity index (χ0) is 24.0. The van der Waals surface area contributed by atoms with E-state index >= 15 is 0 Å². The number of ether oxygens (including phenoxy) is 1. The normalized spacial score (nSPS) is 18.6. The van der Waals surface area contributed by atoms with Gasteiger partial charge in [-0.3, -0.25) is 9.69 Å². The third-order valence-electron chi connectivity index (χ3n) is 6.76. The van der Waals surface area contributed by atoms with Gasteiger partial charge in [0.25, 0.3) is 0 Å². The molecule has 2 aromatic rings. The third-order valence-corrected chi connectivity index (χ3v) is 8.67. The number of sulfonamides is 1. The monoisotopic (exact) mass is 485 g/mol. The van der Waals surface area contributed by atoms with Crippen molar-refractivity contribution in [1.29, 1.82) is 0 Å². The number of benzene rings is 2. The Balaban J connectivity index is 1.27. The number of hydrogen-bond donors (Lipinski definition) is 0. The van der Waals surface area contributed by atoms with Crippen LogP contribution in [0.4, 0.5) is 0 Å². The molecule has 2 heterocycles. The summed E-state index contributed by atoms with van der Waals surface area (Å²) in [6, 6.07) is 15.4. The van der Waals surface area contributed by atoms with Crippen LogP contribution in [-0.4, -0.2) is 80.9 Å². The molecule has 0 radical (unpaired) electrons. The SMILES string of the molecule is Cc1ccccc1CN1CCCN(C(=O)CCc2ccc(S(=O)(=O)N3CCOCC3)cc2)CC1. The molecule has 4 rings (SSSR count). The van der Waals surface area contributed by atoms with Crippen molar-refractivity contribution in [2.75, 3.05) is 52.5 Å². The highest BCUT2D eigenvalue weighted by atomic mass is 32.2. The summed E-state index contributed by atoms with van der Waals surface area (Å²) in [4.78, 5) is 17.6. The van der Waals surface area contributed by atoms with Gasteiger partial charge in [0.1, 0.15) is 0 Å². The van der Waals surface area contributed by atoms with Gasteiger partial charge < -0.3 is 9.64 Å². The zero-order valence-electron chi connectivity index (χ0n) is 20.0. The lowest BCUT2D eigenvalue weighted by atomic mass is 10.1. The Morgan fingerprint density at radius 2 is 1.65 bits per heavy atom. The summed E-state index contributed by atoms with van der Waals surface area (Å²) in [7, 11) is -3.49. The Morgan fingerprint density at radius 1 is 0.912 bits per heavy atom. The van der Waals surface area contributed by atoms with Crippen LogP contribution in [0.15, 0.2) is 53.4 Å². The van der Waals surface area contributed by atoms with Crippen molar-refractivity contribution < 1.29 is 17.9 Å². The molecule has 0 aromatic heterocycles. The van der Waals surface area contributed by atoms with Gasteiger partial charge in [0, 0.05) is 52.2 Å². The lowest BCUT2D eigenvalue weighted by Crippen LogP contribution is -2.40. The molecule has 0 N–H and O–H groups in total. The van der Waals surface area contributed by atoms with Gasteiger partial charge in [-0.25, -0.2) is 8.42 Å². The summed E-state index contributed by atoms with van der Waals surface area (Å²) in [6.07, 6.45) is 2.03. The van der Waals surface area contributed by atoms with E-state index in [0.29, 0.717) is 44.0 Å². The van der Waals surface area contributed by atoms with E-state index in [1.807, 2.05) is 17.0 Å². The van der Waals surface area contributed by atoms with Crippen LogP contribution >= 0.6 is 0 Å². The van der Waals surface area contributed by atoms with E-state index in [-0.39, 0.29) is 5.91 Å². The maximum atomic E-state index is 12.9. The van der Waals surface area contributed by atoms with Gasteiger partial charge in [0.15, 0.2) is 0 Å². The maximum absolute atomic E-state index is 12.9. The molecule has 8 heteroatoms. The number of amides is 1. The maximum Gasteiger partial charge on any atom is 0.243 e. The number of nitrogens with zero attached hydrogens (tertiary/aromatic N) is 3. The Morgan fingerprint density at radius 3 is 2.38 bits per heavy atom. The molecule has 0 unspecified atom stereocenters. The minimum Gasteiger partial charge on any atom is -0.379 e. The molecule has 34 heavy (non-hydrogen) atoms. The zero-order valence-corrected chi connectivity index (χ0v) is 20.8. The fourth-order valence-corrected chi connectivity index (χ4v) is 5.99.